The van der Waals surface area contributed by atoms with E-state index >= 15 is 0 Å². The van der Waals surface area contributed by atoms with E-state index in [1.165, 1.54) is 74.6 Å². The highest BCUT2D eigenvalue weighted by Gasteiger charge is 2.22. The Balaban J connectivity index is 0.000000270. The van der Waals surface area contributed by atoms with Gasteiger partial charge in [0.15, 0.2) is 0 Å². The first kappa shape index (κ1) is 24.5. The van der Waals surface area contributed by atoms with E-state index in [1.54, 1.807) is 7.11 Å². The highest BCUT2D eigenvalue weighted by atomic mass is 16.5. The van der Waals surface area contributed by atoms with Gasteiger partial charge in [0, 0.05) is 46.0 Å². The van der Waals surface area contributed by atoms with Crippen LogP contribution in [0.3, 0.4) is 0 Å². The van der Waals surface area contributed by atoms with Gasteiger partial charge in [0.25, 0.3) is 0 Å². The summed E-state index contributed by atoms with van der Waals surface area (Å²) in [5.74, 6) is 0.828. The maximum Gasteiger partial charge on any atom is 0.128 e. The minimum Gasteiger partial charge on any atom is -0.380 e. The summed E-state index contributed by atoms with van der Waals surface area (Å²) >= 11 is 0. The standard InChI is InChI=1S/C17H23N3O.C10H19N.H2/c1-5-20(3)11-13(2)14-6-7-15-10-18-17(19-12-21-4)9-16(15)8-14;1-2-6-10(7-3-1)11-8-4-5-9-11;/h6-11H,5,12H2,1-4H3,(H,18,19);10H,1-9H2;1H/b13-11+;;. The molecule has 0 atom stereocenters. The minimum atomic E-state index is 0. The summed E-state index contributed by atoms with van der Waals surface area (Å²) in [6.07, 6.45) is 14.4. The van der Waals surface area contributed by atoms with Crippen molar-refractivity contribution in [1.82, 2.24) is 14.8 Å². The molecule has 0 bridgehead atoms. The van der Waals surface area contributed by atoms with Crippen LogP contribution >= 0.6 is 0 Å². The zero-order valence-corrected chi connectivity index (χ0v) is 20.6. The first-order valence-electron chi connectivity index (χ1n) is 12.4. The molecule has 32 heavy (non-hydrogen) atoms. The number of nitrogens with one attached hydrogen (secondary N) is 1. The molecular formula is C27H44N4O. The summed E-state index contributed by atoms with van der Waals surface area (Å²) in [7, 11) is 3.74. The number of aromatic nitrogens is 1. The second-order valence-corrected chi connectivity index (χ2v) is 9.16. The largest absolute Gasteiger partial charge is 0.380 e. The van der Waals surface area contributed by atoms with Crippen LogP contribution < -0.4 is 5.32 Å². The molecule has 178 valence electrons. The number of hydrogen-bond donors (Lipinski definition) is 1. The van der Waals surface area contributed by atoms with Crippen LogP contribution in [0.15, 0.2) is 36.7 Å². The summed E-state index contributed by atoms with van der Waals surface area (Å²) < 4.78 is 5.01. The Morgan fingerprint density at radius 3 is 2.59 bits per heavy atom. The van der Waals surface area contributed by atoms with Gasteiger partial charge < -0.3 is 19.9 Å². The fourth-order valence-corrected chi connectivity index (χ4v) is 4.68. The molecule has 1 saturated carbocycles. The fourth-order valence-electron chi connectivity index (χ4n) is 4.68. The van der Waals surface area contributed by atoms with Crippen molar-refractivity contribution in [3.8, 4) is 0 Å². The van der Waals surface area contributed by atoms with Crippen LogP contribution in [0.4, 0.5) is 5.82 Å². The minimum absolute atomic E-state index is 0. The molecule has 1 aromatic carbocycles. The van der Waals surface area contributed by atoms with E-state index in [9.17, 15) is 0 Å². The van der Waals surface area contributed by atoms with E-state index in [0.29, 0.717) is 6.73 Å². The molecule has 2 aromatic rings. The van der Waals surface area contributed by atoms with E-state index in [-0.39, 0.29) is 1.43 Å². The number of pyridine rings is 1. The van der Waals surface area contributed by atoms with Crippen LogP contribution in [0.25, 0.3) is 16.3 Å². The maximum absolute atomic E-state index is 5.01. The predicted molar refractivity (Wildman–Crippen MR) is 139 cm³/mol. The quantitative estimate of drug-likeness (QED) is 0.517. The molecule has 0 spiro atoms. The number of nitrogens with zero attached hydrogens (tertiary/aromatic N) is 3. The van der Waals surface area contributed by atoms with Gasteiger partial charge in [0.1, 0.15) is 12.5 Å². The van der Waals surface area contributed by atoms with Gasteiger partial charge in [-0.1, -0.05) is 31.4 Å². The number of likely N-dealkylation sites (tertiary alicyclic amines) is 1. The summed E-state index contributed by atoms with van der Waals surface area (Å²) in [6.45, 7) is 8.52. The van der Waals surface area contributed by atoms with Crippen molar-refractivity contribution >= 4 is 22.2 Å². The van der Waals surface area contributed by atoms with E-state index in [2.05, 4.69) is 71.5 Å². The van der Waals surface area contributed by atoms with Gasteiger partial charge in [-0.3, -0.25) is 0 Å². The van der Waals surface area contributed by atoms with Crippen molar-refractivity contribution < 1.29 is 6.16 Å². The number of anilines is 1. The summed E-state index contributed by atoms with van der Waals surface area (Å²) in [6, 6.07) is 9.48. The number of methoxy groups -OCH3 is 1. The molecule has 0 radical (unpaired) electrons. The van der Waals surface area contributed by atoms with Gasteiger partial charge in [-0.05, 0) is 81.3 Å². The van der Waals surface area contributed by atoms with Crippen LogP contribution in [0.5, 0.6) is 0 Å². The lowest BCUT2D eigenvalue weighted by molar-refractivity contribution is 0.191. The number of fused-ring (bicyclic) bond motifs is 1. The SMILES string of the molecule is C1CCC(N2CCCC2)CC1.CCN(C)/C=C(\C)c1ccc2cnc(NCOC)cc2c1.[HH]. The van der Waals surface area contributed by atoms with Gasteiger partial charge in [-0.2, -0.15) is 0 Å². The fraction of sp³-hybridized carbons (Fsp3) is 0.593. The van der Waals surface area contributed by atoms with Crippen molar-refractivity contribution in [1.29, 1.82) is 0 Å². The van der Waals surface area contributed by atoms with Crippen LogP contribution in [-0.4, -0.2) is 61.3 Å². The first-order chi connectivity index (χ1) is 15.6. The third-order valence-corrected chi connectivity index (χ3v) is 6.72. The zero-order chi connectivity index (χ0) is 22.8. The highest BCUT2D eigenvalue weighted by molar-refractivity contribution is 5.87. The second-order valence-electron chi connectivity index (χ2n) is 9.16. The zero-order valence-electron chi connectivity index (χ0n) is 20.6. The Hall–Kier alpha value is -2.11. The number of allylic oxidation sites excluding steroid dienone is 1. The first-order valence-corrected chi connectivity index (χ1v) is 12.4. The molecule has 2 heterocycles. The third-order valence-electron chi connectivity index (χ3n) is 6.72. The van der Waals surface area contributed by atoms with Crippen molar-refractivity contribution in [2.24, 2.45) is 0 Å². The normalized spacial score (nSPS) is 17.8. The molecule has 5 nitrogen and oxygen atoms in total. The van der Waals surface area contributed by atoms with Crippen molar-refractivity contribution in [3.63, 3.8) is 0 Å². The van der Waals surface area contributed by atoms with Gasteiger partial charge in [0.2, 0.25) is 0 Å². The average molecular weight is 441 g/mol. The van der Waals surface area contributed by atoms with Gasteiger partial charge in [-0.15, -0.1) is 0 Å². The van der Waals surface area contributed by atoms with Gasteiger partial charge >= 0.3 is 0 Å². The van der Waals surface area contributed by atoms with Gasteiger partial charge in [0.05, 0.1) is 0 Å². The smallest absolute Gasteiger partial charge is 0.128 e. The summed E-state index contributed by atoms with van der Waals surface area (Å²) in [5, 5.41) is 5.43. The molecule has 1 saturated heterocycles. The number of rotatable bonds is 7. The maximum atomic E-state index is 5.01. The second kappa shape index (κ2) is 12.8. The lowest BCUT2D eigenvalue weighted by Gasteiger charge is -2.30. The lowest BCUT2D eigenvalue weighted by atomic mass is 9.94. The van der Waals surface area contributed by atoms with Crippen LogP contribution in [0.1, 0.15) is 65.8 Å². The van der Waals surface area contributed by atoms with E-state index < -0.39 is 0 Å². The lowest BCUT2D eigenvalue weighted by Crippen LogP contribution is -2.34. The molecule has 0 amide bonds. The van der Waals surface area contributed by atoms with E-state index in [1.807, 2.05) is 6.20 Å². The molecule has 2 aliphatic rings. The molecule has 1 aromatic heterocycles. The van der Waals surface area contributed by atoms with Crippen molar-refractivity contribution in [2.75, 3.05) is 45.8 Å². The Morgan fingerprint density at radius 2 is 1.91 bits per heavy atom. The van der Waals surface area contributed by atoms with Crippen molar-refractivity contribution in [3.05, 3.63) is 42.2 Å². The molecule has 0 unspecified atom stereocenters. The molecule has 5 heteroatoms. The molecule has 1 aliphatic carbocycles. The predicted octanol–water partition coefficient (Wildman–Crippen LogP) is 6.22. The number of benzene rings is 1. The van der Waals surface area contributed by atoms with Gasteiger partial charge in [-0.25, -0.2) is 4.98 Å². The topological polar surface area (TPSA) is 40.6 Å². The molecule has 1 aliphatic heterocycles. The molecule has 4 rings (SSSR count). The monoisotopic (exact) mass is 440 g/mol. The Labute approximate surface area is 196 Å². The Bertz CT molecular complexity index is 860. The third kappa shape index (κ3) is 7.21. The summed E-state index contributed by atoms with van der Waals surface area (Å²) in [4.78, 5) is 9.27. The van der Waals surface area contributed by atoms with E-state index in [4.69, 9.17) is 4.74 Å². The van der Waals surface area contributed by atoms with Crippen molar-refractivity contribution in [2.45, 2.75) is 64.8 Å². The van der Waals surface area contributed by atoms with Crippen LogP contribution in [-0.2, 0) is 4.74 Å². The number of ether oxygens (including phenoxy) is 1. The molecule has 2 fully saturated rings. The summed E-state index contributed by atoms with van der Waals surface area (Å²) in [5.41, 5.74) is 2.48. The molecule has 1 N–H and O–H groups in total. The molecular weight excluding hydrogens is 396 g/mol. The van der Waals surface area contributed by atoms with Crippen LogP contribution in [0, 0.1) is 0 Å². The number of hydrogen-bond acceptors (Lipinski definition) is 5. The average Bonchev–Trinajstić information content (AvgIpc) is 3.38. The van der Waals surface area contributed by atoms with Crippen LogP contribution in [0.2, 0.25) is 0 Å². The van der Waals surface area contributed by atoms with E-state index in [0.717, 1.165) is 23.8 Å². The Morgan fingerprint density at radius 1 is 1.16 bits per heavy atom. The highest BCUT2D eigenvalue weighted by Crippen LogP contribution is 2.25. The Kier molecular flexibility index (Phi) is 9.82.